The summed E-state index contributed by atoms with van der Waals surface area (Å²) >= 11 is 2.93. The van der Waals surface area contributed by atoms with Gasteiger partial charge in [-0.1, -0.05) is 34.1 Å². The maximum atomic E-state index is 13.5. The lowest BCUT2D eigenvalue weighted by Crippen LogP contribution is -2.41. The number of nitrogens with two attached hydrogens (primary N) is 1. The summed E-state index contributed by atoms with van der Waals surface area (Å²) in [5, 5.41) is 13.7. The molecular weight excluding hydrogens is 566 g/mol. The Kier molecular flexibility index (Phi) is 14.4. The highest BCUT2D eigenvalue weighted by molar-refractivity contribution is 9.09. The van der Waals surface area contributed by atoms with Crippen molar-refractivity contribution < 1.29 is 42.2 Å². The standard InChI is InChI=1S/C21H31BrFN4O8P/c1-14(2)33-21(30)15(3)27-36(31,35-16-7-5-4-6-8-16)32-12-17(20(22)29)34-19(11-23)25-10-9-18(24)26-13-28/h4-10,13-15,17,19-20,25,29H,11-12H2,1-3H3,(H,27,31)(H2,24,26,28)/b10-9-/t15-,17+,19+,20?,36?/m0/s1. The first-order valence-electron chi connectivity index (χ1n) is 10.7. The molecule has 1 aromatic carbocycles. The van der Waals surface area contributed by atoms with Crippen molar-refractivity contribution in [3.63, 3.8) is 0 Å². The molecule has 0 heterocycles. The molecule has 2 unspecified atom stereocenters. The van der Waals surface area contributed by atoms with E-state index in [2.05, 4.69) is 31.3 Å². The summed E-state index contributed by atoms with van der Waals surface area (Å²) in [4.78, 5) is 25.8. The van der Waals surface area contributed by atoms with Crippen molar-refractivity contribution in [2.24, 2.45) is 10.7 Å². The summed E-state index contributed by atoms with van der Waals surface area (Å²) in [7, 11) is -4.24. The van der Waals surface area contributed by atoms with Gasteiger partial charge in [0.25, 0.3) is 0 Å². The Balaban J connectivity index is 2.96. The number of aliphatic hydroxyl groups excluding tert-OH is 1. The van der Waals surface area contributed by atoms with E-state index in [1.807, 2.05) is 0 Å². The fraction of sp³-hybridized carbons (Fsp3) is 0.476. The SMILES string of the molecule is CC(C)OC(=O)[C@H](C)NP(=O)(OC[C@@H](O[C@H](CF)N/C=C\C(N)=N/C=O)C(O)Br)Oc1ccccc1. The van der Waals surface area contributed by atoms with Crippen LogP contribution in [-0.4, -0.2) is 66.1 Å². The molecular formula is C21H31BrFN4O8P. The molecule has 202 valence electrons. The van der Waals surface area contributed by atoms with Crippen LogP contribution in [0, 0.1) is 0 Å². The number of rotatable bonds is 17. The van der Waals surface area contributed by atoms with Crippen LogP contribution < -0.4 is 20.7 Å². The Bertz CT molecular complexity index is 922. The monoisotopic (exact) mass is 596 g/mol. The Morgan fingerprint density at radius 2 is 1.97 bits per heavy atom. The van der Waals surface area contributed by atoms with Gasteiger partial charge < -0.3 is 30.2 Å². The number of nitrogens with one attached hydrogen (secondary N) is 2. The van der Waals surface area contributed by atoms with Gasteiger partial charge in [-0.15, -0.1) is 0 Å². The first-order valence-corrected chi connectivity index (χ1v) is 13.2. The number of aliphatic imine (C=N–C) groups is 1. The molecule has 0 aliphatic heterocycles. The number of carbonyl (C=O) groups excluding carboxylic acids is 2. The van der Waals surface area contributed by atoms with Crippen molar-refractivity contribution in [2.45, 2.75) is 50.3 Å². The number of hydrogen-bond donors (Lipinski definition) is 4. The molecule has 0 radical (unpaired) electrons. The molecule has 0 saturated carbocycles. The topological polar surface area (TPSA) is 171 Å². The molecule has 0 fully saturated rings. The normalized spacial score (nSPS) is 17.1. The lowest BCUT2D eigenvalue weighted by molar-refractivity contribution is -0.149. The van der Waals surface area contributed by atoms with Gasteiger partial charge >= 0.3 is 13.7 Å². The minimum Gasteiger partial charge on any atom is -0.462 e. The lowest BCUT2D eigenvalue weighted by Gasteiger charge is -2.28. The van der Waals surface area contributed by atoms with E-state index in [1.54, 1.807) is 32.0 Å². The molecule has 15 heteroatoms. The summed E-state index contributed by atoms with van der Waals surface area (Å²) in [6.07, 6.45) is -0.311. The number of halogens is 2. The molecule has 0 spiro atoms. The number of benzene rings is 1. The quantitative estimate of drug-likeness (QED) is 0.0395. The third kappa shape index (κ3) is 12.6. The maximum absolute atomic E-state index is 13.5. The van der Waals surface area contributed by atoms with Crippen molar-refractivity contribution in [1.29, 1.82) is 0 Å². The highest BCUT2D eigenvalue weighted by Crippen LogP contribution is 2.45. The van der Waals surface area contributed by atoms with Crippen LogP contribution in [0.1, 0.15) is 20.8 Å². The first-order chi connectivity index (χ1) is 17.0. The summed E-state index contributed by atoms with van der Waals surface area (Å²) in [5.74, 6) is -0.645. The average Bonchev–Trinajstić information content (AvgIpc) is 2.80. The molecule has 36 heavy (non-hydrogen) atoms. The summed E-state index contributed by atoms with van der Waals surface area (Å²) < 4.78 is 48.5. The van der Waals surface area contributed by atoms with Gasteiger partial charge in [-0.3, -0.25) is 14.1 Å². The lowest BCUT2D eigenvalue weighted by atomic mass is 10.3. The number of hydrogen-bond acceptors (Lipinski definition) is 9. The average molecular weight is 597 g/mol. The zero-order valence-corrected chi connectivity index (χ0v) is 22.4. The third-order valence-electron chi connectivity index (χ3n) is 3.96. The van der Waals surface area contributed by atoms with Crippen LogP contribution in [0.3, 0.4) is 0 Å². The predicted octanol–water partition coefficient (Wildman–Crippen LogP) is 2.13. The fourth-order valence-electron chi connectivity index (χ4n) is 2.37. The van der Waals surface area contributed by atoms with E-state index < -0.39 is 56.5 Å². The van der Waals surface area contributed by atoms with E-state index >= 15 is 0 Å². The Hall–Kier alpha value is -2.35. The Morgan fingerprint density at radius 1 is 1.31 bits per heavy atom. The summed E-state index contributed by atoms with van der Waals surface area (Å²) in [5.41, 5.74) is 5.41. The second-order valence-corrected chi connectivity index (χ2v) is 10.0. The first kappa shape index (κ1) is 31.7. The Labute approximate surface area is 217 Å². The van der Waals surface area contributed by atoms with Gasteiger partial charge in [-0.25, -0.2) is 8.96 Å². The van der Waals surface area contributed by atoms with E-state index in [-0.39, 0.29) is 18.0 Å². The highest BCUT2D eigenvalue weighted by Gasteiger charge is 2.35. The second kappa shape index (κ2) is 16.4. The molecule has 0 aromatic heterocycles. The Morgan fingerprint density at radius 3 is 2.53 bits per heavy atom. The van der Waals surface area contributed by atoms with Gasteiger partial charge in [0.1, 0.15) is 35.4 Å². The summed E-state index contributed by atoms with van der Waals surface area (Å²) in [6, 6.07) is 6.97. The number of amidine groups is 1. The van der Waals surface area contributed by atoms with Crippen molar-refractivity contribution in [3.8, 4) is 5.75 Å². The van der Waals surface area contributed by atoms with Gasteiger partial charge in [0, 0.05) is 6.20 Å². The van der Waals surface area contributed by atoms with Gasteiger partial charge in [0.05, 0.1) is 12.7 Å². The van der Waals surface area contributed by atoms with E-state index in [0.717, 1.165) is 0 Å². The van der Waals surface area contributed by atoms with Crippen LogP contribution in [0.2, 0.25) is 0 Å². The van der Waals surface area contributed by atoms with Crippen molar-refractivity contribution in [2.75, 3.05) is 13.3 Å². The van der Waals surface area contributed by atoms with Crippen LogP contribution >= 0.6 is 23.7 Å². The van der Waals surface area contributed by atoms with Gasteiger partial charge in [-0.05, 0) is 39.0 Å². The molecule has 1 amide bonds. The zero-order chi connectivity index (χ0) is 27.1. The van der Waals surface area contributed by atoms with E-state index in [4.69, 9.17) is 24.3 Å². The van der Waals surface area contributed by atoms with Crippen LogP contribution in [-0.2, 0) is 28.2 Å². The van der Waals surface area contributed by atoms with Crippen LogP contribution in [0.5, 0.6) is 5.75 Å². The van der Waals surface area contributed by atoms with E-state index in [1.165, 1.54) is 31.3 Å². The predicted molar refractivity (Wildman–Crippen MR) is 134 cm³/mol. The van der Waals surface area contributed by atoms with E-state index in [0.29, 0.717) is 0 Å². The molecule has 0 aliphatic rings. The number of esters is 1. The van der Waals surface area contributed by atoms with Crippen LogP contribution in [0.4, 0.5) is 4.39 Å². The molecule has 5 atom stereocenters. The minimum atomic E-state index is -4.24. The largest absolute Gasteiger partial charge is 0.462 e. The molecule has 0 aliphatic carbocycles. The molecule has 0 saturated heterocycles. The van der Waals surface area contributed by atoms with Gasteiger partial charge in [-0.2, -0.15) is 10.1 Å². The number of nitrogens with zero attached hydrogens (tertiary/aromatic N) is 1. The molecule has 0 bridgehead atoms. The minimum absolute atomic E-state index is 0.134. The third-order valence-corrected chi connectivity index (χ3v) is 6.19. The van der Waals surface area contributed by atoms with Crippen molar-refractivity contribution >= 4 is 41.9 Å². The van der Waals surface area contributed by atoms with Crippen LogP contribution in [0.25, 0.3) is 0 Å². The number of alkyl halides is 2. The number of aliphatic hydroxyl groups is 1. The molecule has 12 nitrogen and oxygen atoms in total. The number of ether oxygens (including phenoxy) is 2. The number of carbonyl (C=O) groups is 2. The molecule has 5 N–H and O–H groups in total. The van der Waals surface area contributed by atoms with Gasteiger partial charge in [0.2, 0.25) is 6.41 Å². The fourth-order valence-corrected chi connectivity index (χ4v) is 4.14. The molecule has 1 aromatic rings. The zero-order valence-electron chi connectivity index (χ0n) is 20.0. The smallest absolute Gasteiger partial charge is 0.459 e. The second-order valence-electron chi connectivity index (χ2n) is 7.38. The van der Waals surface area contributed by atoms with Crippen molar-refractivity contribution in [3.05, 3.63) is 42.6 Å². The van der Waals surface area contributed by atoms with Crippen molar-refractivity contribution in [1.82, 2.24) is 10.4 Å². The molecule has 1 rings (SSSR count). The van der Waals surface area contributed by atoms with Crippen LogP contribution in [0.15, 0.2) is 47.6 Å². The number of para-hydroxylation sites is 1. The highest BCUT2D eigenvalue weighted by atomic mass is 79.9. The summed E-state index contributed by atoms with van der Waals surface area (Å²) in [6.45, 7) is 3.15. The van der Waals surface area contributed by atoms with E-state index in [9.17, 15) is 23.7 Å². The number of amides is 1. The maximum Gasteiger partial charge on any atom is 0.459 e. The van der Waals surface area contributed by atoms with Gasteiger partial charge in [0.15, 0.2) is 6.23 Å².